The molecule has 7 heteroatoms. The lowest BCUT2D eigenvalue weighted by Gasteiger charge is -2.21. The number of fused-ring (bicyclic) bond motifs is 1. The molecular weight excluding hydrogens is 323 g/mol. The molecule has 0 atom stereocenters. The van der Waals surface area contributed by atoms with Crippen LogP contribution in [0.25, 0.3) is 10.9 Å². The zero-order chi connectivity index (χ0) is 15.0. The van der Waals surface area contributed by atoms with Gasteiger partial charge in [0.15, 0.2) is 0 Å². The van der Waals surface area contributed by atoms with Gasteiger partial charge in [0.05, 0.1) is 26.3 Å². The molecule has 0 fully saturated rings. The van der Waals surface area contributed by atoms with E-state index in [-0.39, 0.29) is 20.8 Å². The normalized spacial score (nSPS) is 11.1. The fraction of sp³-hybridized carbons (Fsp3) is 0.308. The lowest BCUT2D eigenvalue weighted by atomic mass is 10.2. The maximum Gasteiger partial charge on any atom is 0.354 e. The van der Waals surface area contributed by atoms with Gasteiger partial charge in [-0.15, -0.1) is 0 Å². The second-order valence-electron chi connectivity index (χ2n) is 4.23. The third kappa shape index (κ3) is 2.32. The smallest absolute Gasteiger partial charge is 0.354 e. The Balaban J connectivity index is 2.90. The number of nitrogens with zero attached hydrogens (tertiary/aromatic N) is 1. The fourth-order valence-corrected chi connectivity index (χ4v) is 2.95. The van der Waals surface area contributed by atoms with Crippen molar-refractivity contribution >= 4 is 57.4 Å². The van der Waals surface area contributed by atoms with Gasteiger partial charge in [0.25, 0.3) is 0 Å². The minimum absolute atomic E-state index is 0.0870. The number of anilines is 1. The van der Waals surface area contributed by atoms with Gasteiger partial charge in [-0.2, -0.15) is 0 Å². The van der Waals surface area contributed by atoms with E-state index in [1.165, 1.54) is 0 Å². The number of benzene rings is 1. The molecule has 0 unspecified atom stereocenters. The van der Waals surface area contributed by atoms with Gasteiger partial charge < -0.3 is 15.0 Å². The number of aromatic amines is 1. The van der Waals surface area contributed by atoms with Gasteiger partial charge in [-0.1, -0.05) is 34.8 Å². The van der Waals surface area contributed by atoms with Crippen LogP contribution in [-0.2, 0) is 0 Å². The Labute approximate surface area is 131 Å². The second kappa shape index (κ2) is 5.72. The van der Waals surface area contributed by atoms with E-state index in [9.17, 15) is 9.90 Å². The van der Waals surface area contributed by atoms with Crippen LogP contribution in [0.15, 0.2) is 6.07 Å². The summed E-state index contributed by atoms with van der Waals surface area (Å²) in [7, 11) is 0. The highest BCUT2D eigenvalue weighted by Crippen LogP contribution is 2.43. The van der Waals surface area contributed by atoms with Crippen LogP contribution in [-0.4, -0.2) is 29.1 Å². The topological polar surface area (TPSA) is 56.3 Å². The summed E-state index contributed by atoms with van der Waals surface area (Å²) in [5.41, 5.74) is 1.19. The Morgan fingerprint density at radius 2 is 1.85 bits per heavy atom. The molecule has 108 valence electrons. The molecule has 1 aromatic heterocycles. The van der Waals surface area contributed by atoms with Crippen molar-refractivity contribution < 1.29 is 9.90 Å². The first-order chi connectivity index (χ1) is 9.42. The lowest BCUT2D eigenvalue weighted by Crippen LogP contribution is -2.23. The first-order valence-electron chi connectivity index (χ1n) is 6.09. The zero-order valence-corrected chi connectivity index (χ0v) is 13.2. The fourth-order valence-electron chi connectivity index (χ4n) is 2.25. The number of nitrogens with one attached hydrogen (secondary N) is 1. The van der Waals surface area contributed by atoms with Crippen molar-refractivity contribution in [3.63, 3.8) is 0 Å². The van der Waals surface area contributed by atoms with E-state index in [2.05, 4.69) is 4.98 Å². The summed E-state index contributed by atoms with van der Waals surface area (Å²) in [5, 5.41) is 10.7. The number of hydrogen-bond donors (Lipinski definition) is 2. The first kappa shape index (κ1) is 15.3. The Morgan fingerprint density at radius 3 is 2.35 bits per heavy atom. The largest absolute Gasteiger partial charge is 0.477 e. The molecule has 2 rings (SSSR count). The van der Waals surface area contributed by atoms with Gasteiger partial charge in [0, 0.05) is 18.5 Å². The lowest BCUT2D eigenvalue weighted by molar-refractivity contribution is 0.0692. The minimum Gasteiger partial charge on any atom is -0.477 e. The highest BCUT2D eigenvalue weighted by atomic mass is 35.5. The number of rotatable bonds is 4. The average Bonchev–Trinajstić information content (AvgIpc) is 2.77. The number of aromatic carboxylic acids is 1. The minimum atomic E-state index is -1.05. The summed E-state index contributed by atoms with van der Waals surface area (Å²) >= 11 is 18.3. The van der Waals surface area contributed by atoms with Crippen molar-refractivity contribution in [1.82, 2.24) is 4.98 Å². The van der Waals surface area contributed by atoms with Crippen LogP contribution < -0.4 is 4.90 Å². The molecule has 4 nitrogen and oxygen atoms in total. The van der Waals surface area contributed by atoms with E-state index < -0.39 is 5.97 Å². The van der Waals surface area contributed by atoms with Gasteiger partial charge in [-0.05, 0) is 19.9 Å². The molecule has 1 aromatic carbocycles. The molecule has 0 saturated carbocycles. The number of H-pyrrole nitrogens is 1. The molecule has 0 amide bonds. The molecule has 0 aliphatic carbocycles. The average molecular weight is 336 g/mol. The third-order valence-corrected chi connectivity index (χ3v) is 4.45. The summed E-state index contributed by atoms with van der Waals surface area (Å²) in [6.45, 7) is 5.19. The van der Waals surface area contributed by atoms with Crippen molar-refractivity contribution in [3.05, 3.63) is 26.8 Å². The number of hydrogen-bond acceptors (Lipinski definition) is 2. The Kier molecular flexibility index (Phi) is 4.37. The number of carboxylic acid groups (broad SMARTS) is 1. The van der Waals surface area contributed by atoms with Gasteiger partial charge in [-0.3, -0.25) is 0 Å². The van der Waals surface area contributed by atoms with Gasteiger partial charge in [-0.25, -0.2) is 4.79 Å². The molecule has 0 bridgehead atoms. The monoisotopic (exact) mass is 334 g/mol. The predicted molar refractivity (Wildman–Crippen MR) is 83.8 cm³/mol. The molecule has 0 saturated heterocycles. The summed E-state index contributed by atoms with van der Waals surface area (Å²) < 4.78 is 0. The number of carboxylic acids is 1. The molecule has 0 spiro atoms. The summed E-state index contributed by atoms with van der Waals surface area (Å²) in [6.07, 6.45) is 0. The van der Waals surface area contributed by atoms with E-state index >= 15 is 0 Å². The summed E-state index contributed by atoms with van der Waals surface area (Å²) in [6, 6.07) is 1.59. The number of aromatic nitrogens is 1. The Bertz CT molecular complexity index is 678. The first-order valence-corrected chi connectivity index (χ1v) is 7.23. The van der Waals surface area contributed by atoms with Crippen molar-refractivity contribution in [2.45, 2.75) is 13.8 Å². The van der Waals surface area contributed by atoms with E-state index in [4.69, 9.17) is 34.8 Å². The summed E-state index contributed by atoms with van der Waals surface area (Å²) in [5.74, 6) is -1.05. The van der Waals surface area contributed by atoms with Gasteiger partial charge >= 0.3 is 5.97 Å². The van der Waals surface area contributed by atoms with E-state index in [1.807, 2.05) is 18.7 Å². The Morgan fingerprint density at radius 1 is 1.25 bits per heavy atom. The van der Waals surface area contributed by atoms with Crippen molar-refractivity contribution in [1.29, 1.82) is 0 Å². The molecular formula is C13H13Cl3N2O2. The van der Waals surface area contributed by atoms with E-state index in [0.29, 0.717) is 29.7 Å². The molecule has 2 aromatic rings. The molecule has 2 N–H and O–H groups in total. The Hall–Kier alpha value is -1.10. The van der Waals surface area contributed by atoms with E-state index in [1.54, 1.807) is 6.07 Å². The standard InChI is InChI=1S/C13H13Cl3N2O2/c1-3-18(4-2)12-8-7(17-11(12)13(19)20)5-6(14)9(15)10(8)16/h5,17H,3-4H2,1-2H3,(H,19,20). The predicted octanol–water partition coefficient (Wildman–Crippen LogP) is 4.67. The van der Waals surface area contributed by atoms with Crippen LogP contribution in [0.2, 0.25) is 15.1 Å². The highest BCUT2D eigenvalue weighted by molar-refractivity contribution is 6.51. The molecule has 20 heavy (non-hydrogen) atoms. The third-order valence-electron chi connectivity index (χ3n) is 3.19. The zero-order valence-electron chi connectivity index (χ0n) is 10.9. The number of halogens is 3. The SMILES string of the molecule is CCN(CC)c1c(C(=O)O)[nH]c2cc(Cl)c(Cl)c(Cl)c12. The van der Waals surface area contributed by atoms with Gasteiger partial charge in [0.1, 0.15) is 5.69 Å². The van der Waals surface area contributed by atoms with Crippen LogP contribution in [0, 0.1) is 0 Å². The van der Waals surface area contributed by atoms with Gasteiger partial charge in [0.2, 0.25) is 0 Å². The second-order valence-corrected chi connectivity index (χ2v) is 5.40. The van der Waals surface area contributed by atoms with Crippen LogP contribution >= 0.6 is 34.8 Å². The van der Waals surface area contributed by atoms with E-state index in [0.717, 1.165) is 0 Å². The molecule has 0 radical (unpaired) electrons. The van der Waals surface area contributed by atoms with Crippen molar-refractivity contribution in [2.75, 3.05) is 18.0 Å². The molecule has 0 aliphatic rings. The molecule has 1 heterocycles. The summed E-state index contributed by atoms with van der Waals surface area (Å²) in [4.78, 5) is 16.2. The highest BCUT2D eigenvalue weighted by Gasteiger charge is 2.24. The molecule has 0 aliphatic heterocycles. The quantitative estimate of drug-likeness (QED) is 0.798. The number of carbonyl (C=O) groups is 1. The van der Waals surface area contributed by atoms with Crippen LogP contribution in [0.4, 0.5) is 5.69 Å². The maximum absolute atomic E-state index is 11.4. The maximum atomic E-state index is 11.4. The van der Waals surface area contributed by atoms with Crippen LogP contribution in [0.5, 0.6) is 0 Å². The van der Waals surface area contributed by atoms with Crippen LogP contribution in [0.3, 0.4) is 0 Å². The van der Waals surface area contributed by atoms with Crippen LogP contribution in [0.1, 0.15) is 24.3 Å². The van der Waals surface area contributed by atoms with Crippen molar-refractivity contribution in [3.8, 4) is 0 Å². The van der Waals surface area contributed by atoms with Crippen molar-refractivity contribution in [2.24, 2.45) is 0 Å².